The lowest BCUT2D eigenvalue weighted by Crippen LogP contribution is -2.43. The minimum absolute atomic E-state index is 0.00440. The zero-order valence-electron chi connectivity index (χ0n) is 14.7. The number of phenolic OH excluding ortho intramolecular Hbond substituents is 1. The van der Waals surface area contributed by atoms with Gasteiger partial charge in [0.15, 0.2) is 10.9 Å². The monoisotopic (exact) mass is 491 g/mol. The number of anilines is 1. The average molecular weight is 493 g/mol. The predicted molar refractivity (Wildman–Crippen MR) is 119 cm³/mol. The van der Waals surface area contributed by atoms with Gasteiger partial charge in [-0.2, -0.15) is 0 Å². The molecule has 2 aromatic carbocycles. The molecule has 152 valence electrons. The molecular weight excluding hydrogens is 480 g/mol. The Labute approximate surface area is 190 Å². The number of phenols is 1. The first-order valence-corrected chi connectivity index (χ1v) is 10.5. The summed E-state index contributed by atoms with van der Waals surface area (Å²) >= 11 is 24.8. The number of amides is 2. The van der Waals surface area contributed by atoms with Gasteiger partial charge in [0.1, 0.15) is 5.25 Å². The van der Waals surface area contributed by atoms with Crippen molar-refractivity contribution in [3.63, 3.8) is 0 Å². The maximum Gasteiger partial charge on any atom is 0.238 e. The minimum Gasteiger partial charge on any atom is -0.505 e. The van der Waals surface area contributed by atoms with E-state index >= 15 is 0 Å². The SMILES string of the molecule is CN1C(=O)CC(C(=O)Nc2ccc(Cl)c(Cl)c2)SC1=Nc1cc(Cl)c(O)c(Cl)c1. The summed E-state index contributed by atoms with van der Waals surface area (Å²) in [5, 5.41) is 12.7. The molecule has 1 saturated heterocycles. The van der Waals surface area contributed by atoms with Crippen molar-refractivity contribution in [1.82, 2.24) is 4.90 Å². The molecule has 1 atom stereocenters. The Hall–Kier alpha value is -1.64. The Bertz CT molecular complexity index is 1010. The highest BCUT2D eigenvalue weighted by molar-refractivity contribution is 8.15. The van der Waals surface area contributed by atoms with Gasteiger partial charge in [-0.25, -0.2) is 4.99 Å². The first-order valence-electron chi connectivity index (χ1n) is 8.11. The van der Waals surface area contributed by atoms with Crippen LogP contribution in [0.4, 0.5) is 11.4 Å². The van der Waals surface area contributed by atoms with Gasteiger partial charge < -0.3 is 10.4 Å². The lowest BCUT2D eigenvalue weighted by atomic mass is 10.2. The van der Waals surface area contributed by atoms with Crippen LogP contribution >= 0.6 is 58.2 Å². The number of hydrogen-bond donors (Lipinski definition) is 2. The van der Waals surface area contributed by atoms with Gasteiger partial charge in [-0.15, -0.1) is 0 Å². The fraction of sp³-hybridized carbons (Fsp3) is 0.167. The van der Waals surface area contributed by atoms with Crippen LogP contribution in [0.1, 0.15) is 6.42 Å². The number of aliphatic imine (C=N–C) groups is 1. The number of thioether (sulfide) groups is 1. The fourth-order valence-corrected chi connectivity index (χ4v) is 4.26. The maximum absolute atomic E-state index is 12.7. The number of aromatic hydroxyl groups is 1. The van der Waals surface area contributed by atoms with E-state index < -0.39 is 5.25 Å². The molecule has 0 aliphatic carbocycles. The number of benzene rings is 2. The van der Waals surface area contributed by atoms with E-state index in [-0.39, 0.29) is 34.0 Å². The van der Waals surface area contributed by atoms with Gasteiger partial charge in [0, 0.05) is 19.2 Å². The molecule has 0 spiro atoms. The Morgan fingerprint density at radius 2 is 1.79 bits per heavy atom. The topological polar surface area (TPSA) is 82.0 Å². The summed E-state index contributed by atoms with van der Waals surface area (Å²) in [6.45, 7) is 0. The predicted octanol–water partition coefficient (Wildman–Crippen LogP) is 5.60. The van der Waals surface area contributed by atoms with Gasteiger partial charge in [0.25, 0.3) is 0 Å². The van der Waals surface area contributed by atoms with Crippen molar-refractivity contribution >= 4 is 86.5 Å². The third-order valence-corrected chi connectivity index (χ3v) is 6.53. The van der Waals surface area contributed by atoms with Crippen molar-refractivity contribution in [3.8, 4) is 5.75 Å². The summed E-state index contributed by atoms with van der Waals surface area (Å²) in [5.74, 6) is -0.894. The average Bonchev–Trinajstić information content (AvgIpc) is 2.66. The Morgan fingerprint density at radius 1 is 1.14 bits per heavy atom. The molecule has 1 aliphatic rings. The largest absolute Gasteiger partial charge is 0.505 e. The van der Waals surface area contributed by atoms with Crippen LogP contribution in [0.3, 0.4) is 0 Å². The number of carbonyl (C=O) groups excluding carboxylic acids is 2. The molecule has 1 unspecified atom stereocenters. The second-order valence-corrected chi connectivity index (χ2v) is 8.83. The van der Waals surface area contributed by atoms with E-state index in [0.29, 0.717) is 26.6 Å². The smallest absolute Gasteiger partial charge is 0.238 e. The molecule has 0 radical (unpaired) electrons. The fourth-order valence-electron chi connectivity index (χ4n) is 2.42. The van der Waals surface area contributed by atoms with Crippen molar-refractivity contribution in [1.29, 1.82) is 0 Å². The minimum atomic E-state index is -0.699. The zero-order chi connectivity index (χ0) is 21.3. The molecule has 0 bridgehead atoms. The van der Waals surface area contributed by atoms with E-state index in [1.165, 1.54) is 23.1 Å². The molecule has 0 saturated carbocycles. The van der Waals surface area contributed by atoms with Gasteiger partial charge >= 0.3 is 0 Å². The summed E-state index contributed by atoms with van der Waals surface area (Å²) in [5.41, 5.74) is 0.803. The second kappa shape index (κ2) is 9.02. The molecule has 3 rings (SSSR count). The summed E-state index contributed by atoms with van der Waals surface area (Å²) < 4.78 is 0. The van der Waals surface area contributed by atoms with E-state index in [9.17, 15) is 14.7 Å². The standard InChI is InChI=1S/C18H13Cl4N3O3S/c1-25-15(26)7-14(17(28)23-8-2-3-10(19)11(20)4-8)29-18(25)24-9-5-12(21)16(27)13(22)6-9/h2-6,14,27H,7H2,1H3,(H,23,28). The Morgan fingerprint density at radius 3 is 2.41 bits per heavy atom. The van der Waals surface area contributed by atoms with E-state index in [0.717, 1.165) is 11.8 Å². The molecule has 2 N–H and O–H groups in total. The number of nitrogens with zero attached hydrogens (tertiary/aromatic N) is 2. The highest BCUT2D eigenvalue weighted by Gasteiger charge is 2.34. The number of hydrogen-bond acceptors (Lipinski definition) is 5. The Kier molecular flexibility index (Phi) is 6.86. The van der Waals surface area contributed by atoms with Crippen LogP contribution in [0.5, 0.6) is 5.75 Å². The number of carbonyl (C=O) groups is 2. The zero-order valence-corrected chi connectivity index (χ0v) is 18.6. The van der Waals surface area contributed by atoms with Crippen LogP contribution in [0.2, 0.25) is 20.1 Å². The molecule has 2 aromatic rings. The van der Waals surface area contributed by atoms with Crippen LogP contribution in [0.15, 0.2) is 35.3 Å². The first kappa shape index (κ1) is 22.1. The number of nitrogens with one attached hydrogen (secondary N) is 1. The van der Waals surface area contributed by atoms with Gasteiger partial charge in [0.05, 0.1) is 25.8 Å². The lowest BCUT2D eigenvalue weighted by Gasteiger charge is -2.28. The number of rotatable bonds is 3. The van der Waals surface area contributed by atoms with Gasteiger partial charge in [-0.05, 0) is 30.3 Å². The molecule has 2 amide bonds. The van der Waals surface area contributed by atoms with Crippen molar-refractivity contribution in [3.05, 3.63) is 50.4 Å². The van der Waals surface area contributed by atoms with Crippen molar-refractivity contribution < 1.29 is 14.7 Å². The van der Waals surface area contributed by atoms with Gasteiger partial charge in [-0.3, -0.25) is 14.5 Å². The van der Waals surface area contributed by atoms with Crippen LogP contribution < -0.4 is 5.32 Å². The third-order valence-electron chi connectivity index (χ3n) is 3.97. The van der Waals surface area contributed by atoms with Crippen LogP contribution in [-0.2, 0) is 9.59 Å². The van der Waals surface area contributed by atoms with Crippen LogP contribution in [-0.4, -0.2) is 39.3 Å². The van der Waals surface area contributed by atoms with Gasteiger partial charge in [0.2, 0.25) is 11.8 Å². The highest BCUT2D eigenvalue weighted by atomic mass is 35.5. The van der Waals surface area contributed by atoms with Crippen molar-refractivity contribution in [2.75, 3.05) is 12.4 Å². The molecule has 11 heteroatoms. The van der Waals surface area contributed by atoms with E-state index in [4.69, 9.17) is 46.4 Å². The molecular formula is C18H13Cl4N3O3S. The molecule has 1 aliphatic heterocycles. The molecule has 1 heterocycles. The van der Waals surface area contributed by atoms with Crippen LogP contribution in [0.25, 0.3) is 0 Å². The van der Waals surface area contributed by atoms with E-state index in [1.54, 1.807) is 19.2 Å². The first-order chi connectivity index (χ1) is 13.7. The normalized spacial score (nSPS) is 18.2. The van der Waals surface area contributed by atoms with E-state index in [2.05, 4.69) is 10.3 Å². The summed E-state index contributed by atoms with van der Waals surface area (Å²) in [6, 6.07) is 7.53. The number of halogens is 4. The van der Waals surface area contributed by atoms with Crippen molar-refractivity contribution in [2.24, 2.45) is 4.99 Å². The quantitative estimate of drug-likeness (QED) is 0.584. The summed E-state index contributed by atoms with van der Waals surface area (Å²) in [6.07, 6.45) is 0.00440. The van der Waals surface area contributed by atoms with Gasteiger partial charge in [-0.1, -0.05) is 58.2 Å². The lowest BCUT2D eigenvalue weighted by molar-refractivity contribution is -0.128. The molecule has 6 nitrogen and oxygen atoms in total. The highest BCUT2D eigenvalue weighted by Crippen LogP contribution is 2.37. The molecule has 0 aromatic heterocycles. The van der Waals surface area contributed by atoms with Crippen molar-refractivity contribution in [2.45, 2.75) is 11.7 Å². The molecule has 29 heavy (non-hydrogen) atoms. The van der Waals surface area contributed by atoms with Crippen LogP contribution in [0, 0.1) is 0 Å². The third kappa shape index (κ3) is 5.10. The second-order valence-electron chi connectivity index (χ2n) is 6.03. The maximum atomic E-state index is 12.7. The number of amidine groups is 1. The van der Waals surface area contributed by atoms with E-state index in [1.807, 2.05) is 0 Å². The summed E-state index contributed by atoms with van der Waals surface area (Å²) in [7, 11) is 1.56. The Balaban J connectivity index is 1.82. The molecule has 1 fully saturated rings. The summed E-state index contributed by atoms with van der Waals surface area (Å²) in [4.78, 5) is 30.7.